The first-order valence-electron chi connectivity index (χ1n) is 4.47. The van der Waals surface area contributed by atoms with Gasteiger partial charge in [0.1, 0.15) is 0 Å². The Morgan fingerprint density at radius 1 is 1.54 bits per heavy atom. The maximum absolute atomic E-state index is 6.08. The molecule has 0 amide bonds. The largest absolute Gasteiger partial charge is 0.501 e. The maximum atomic E-state index is 6.08. The lowest BCUT2D eigenvalue weighted by molar-refractivity contribution is 0.221. The van der Waals surface area contributed by atoms with E-state index in [1.807, 2.05) is 12.3 Å². The topological polar surface area (TPSA) is 35.2 Å². The standard InChI is InChI=1S/C10H13NOS/c11-10(9-4-2-6-13-9)8-3-1-5-12-7-8/h2,4,6-7,10H,1,3,5,11H2. The molecule has 0 fully saturated rings. The highest BCUT2D eigenvalue weighted by Gasteiger charge is 2.15. The molecule has 13 heavy (non-hydrogen) atoms. The third-order valence-corrected chi connectivity index (χ3v) is 3.17. The molecule has 1 atom stereocenters. The zero-order valence-corrected chi connectivity index (χ0v) is 8.22. The van der Waals surface area contributed by atoms with Gasteiger partial charge in [0.25, 0.3) is 0 Å². The molecule has 0 bridgehead atoms. The summed E-state index contributed by atoms with van der Waals surface area (Å²) in [5, 5.41) is 2.05. The molecule has 0 radical (unpaired) electrons. The highest BCUT2D eigenvalue weighted by Crippen LogP contribution is 2.27. The first-order chi connectivity index (χ1) is 6.38. The molecule has 1 aromatic rings. The lowest BCUT2D eigenvalue weighted by Crippen LogP contribution is -2.15. The van der Waals surface area contributed by atoms with Crippen LogP contribution < -0.4 is 5.73 Å². The molecule has 2 N–H and O–H groups in total. The summed E-state index contributed by atoms with van der Waals surface area (Å²) in [4.78, 5) is 1.22. The number of ether oxygens (including phenoxy) is 1. The van der Waals surface area contributed by atoms with Crippen molar-refractivity contribution in [2.45, 2.75) is 18.9 Å². The van der Waals surface area contributed by atoms with Crippen molar-refractivity contribution >= 4 is 11.3 Å². The summed E-state index contributed by atoms with van der Waals surface area (Å²) < 4.78 is 5.26. The molecule has 0 aliphatic carbocycles. The molecule has 2 nitrogen and oxygen atoms in total. The third kappa shape index (κ3) is 1.92. The molecule has 70 valence electrons. The molecule has 1 aliphatic heterocycles. The van der Waals surface area contributed by atoms with Gasteiger partial charge in [-0.25, -0.2) is 0 Å². The van der Waals surface area contributed by atoms with E-state index in [1.165, 1.54) is 10.5 Å². The van der Waals surface area contributed by atoms with E-state index >= 15 is 0 Å². The van der Waals surface area contributed by atoms with Gasteiger partial charge in [-0.15, -0.1) is 11.3 Å². The molecule has 2 heterocycles. The smallest absolute Gasteiger partial charge is 0.0876 e. The van der Waals surface area contributed by atoms with Gasteiger partial charge in [0.15, 0.2) is 0 Å². The summed E-state index contributed by atoms with van der Waals surface area (Å²) in [6.45, 7) is 0.834. The molecular formula is C10H13NOS. The van der Waals surface area contributed by atoms with Crippen LogP contribution in [0.25, 0.3) is 0 Å². The Bertz CT molecular complexity index is 292. The number of hydrogen-bond acceptors (Lipinski definition) is 3. The lowest BCUT2D eigenvalue weighted by Gasteiger charge is -2.18. The van der Waals surface area contributed by atoms with Crippen molar-refractivity contribution in [1.82, 2.24) is 0 Å². The fraction of sp³-hybridized carbons (Fsp3) is 0.400. The SMILES string of the molecule is NC(C1=COCCC1)c1cccs1. The quantitative estimate of drug-likeness (QED) is 0.786. The van der Waals surface area contributed by atoms with Gasteiger partial charge in [-0.2, -0.15) is 0 Å². The predicted octanol–water partition coefficient (Wildman–Crippen LogP) is 2.44. The third-order valence-electron chi connectivity index (χ3n) is 2.21. The Morgan fingerprint density at radius 3 is 3.08 bits per heavy atom. The van der Waals surface area contributed by atoms with Gasteiger partial charge in [-0.1, -0.05) is 6.07 Å². The number of hydrogen-bond donors (Lipinski definition) is 1. The highest BCUT2D eigenvalue weighted by atomic mass is 32.1. The van der Waals surface area contributed by atoms with Gasteiger partial charge in [0.2, 0.25) is 0 Å². The highest BCUT2D eigenvalue weighted by molar-refractivity contribution is 7.10. The van der Waals surface area contributed by atoms with Gasteiger partial charge < -0.3 is 10.5 Å². The van der Waals surface area contributed by atoms with Crippen LogP contribution in [0.3, 0.4) is 0 Å². The minimum atomic E-state index is 0.0419. The van der Waals surface area contributed by atoms with Crippen LogP contribution in [-0.2, 0) is 4.74 Å². The molecule has 0 spiro atoms. The van der Waals surface area contributed by atoms with E-state index in [2.05, 4.69) is 11.4 Å². The van der Waals surface area contributed by atoms with Crippen LogP contribution in [-0.4, -0.2) is 6.61 Å². The average molecular weight is 195 g/mol. The number of rotatable bonds is 2. The van der Waals surface area contributed by atoms with Crippen molar-refractivity contribution in [3.05, 3.63) is 34.2 Å². The van der Waals surface area contributed by atoms with Gasteiger partial charge in [0, 0.05) is 4.88 Å². The maximum Gasteiger partial charge on any atom is 0.0876 e. The van der Waals surface area contributed by atoms with Crippen molar-refractivity contribution in [1.29, 1.82) is 0 Å². The molecule has 0 aromatic carbocycles. The van der Waals surface area contributed by atoms with Crippen LogP contribution in [0.1, 0.15) is 23.8 Å². The van der Waals surface area contributed by atoms with Crippen molar-refractivity contribution in [2.24, 2.45) is 5.73 Å². The van der Waals surface area contributed by atoms with Crippen molar-refractivity contribution in [2.75, 3.05) is 6.61 Å². The molecule has 0 saturated heterocycles. The Labute approximate surface area is 82.0 Å². The van der Waals surface area contributed by atoms with E-state index in [9.17, 15) is 0 Å². The van der Waals surface area contributed by atoms with Gasteiger partial charge in [-0.3, -0.25) is 0 Å². The van der Waals surface area contributed by atoms with Gasteiger partial charge in [0.05, 0.1) is 18.9 Å². The minimum Gasteiger partial charge on any atom is -0.501 e. The Balaban J connectivity index is 2.12. The van der Waals surface area contributed by atoms with E-state index < -0.39 is 0 Å². The van der Waals surface area contributed by atoms with Crippen LogP contribution in [0.4, 0.5) is 0 Å². The van der Waals surface area contributed by atoms with Crippen molar-refractivity contribution < 1.29 is 4.74 Å². The summed E-state index contributed by atoms with van der Waals surface area (Å²) in [5.41, 5.74) is 7.29. The second kappa shape index (κ2) is 3.94. The van der Waals surface area contributed by atoms with Gasteiger partial charge >= 0.3 is 0 Å². The second-order valence-electron chi connectivity index (χ2n) is 3.16. The normalized spacial score (nSPS) is 19.0. The number of thiophene rings is 1. The van der Waals surface area contributed by atoms with E-state index in [1.54, 1.807) is 11.3 Å². The molecule has 3 heteroatoms. The van der Waals surface area contributed by atoms with E-state index in [-0.39, 0.29) is 6.04 Å². The monoisotopic (exact) mass is 195 g/mol. The summed E-state index contributed by atoms with van der Waals surface area (Å²) in [6.07, 6.45) is 3.98. The molecular weight excluding hydrogens is 182 g/mol. The summed E-state index contributed by atoms with van der Waals surface area (Å²) in [7, 11) is 0. The molecule has 1 unspecified atom stereocenters. The molecule has 1 aromatic heterocycles. The predicted molar refractivity (Wildman–Crippen MR) is 54.5 cm³/mol. The molecule has 2 rings (SSSR count). The second-order valence-corrected chi connectivity index (χ2v) is 4.14. The molecule has 0 saturated carbocycles. The van der Waals surface area contributed by atoms with Gasteiger partial charge in [-0.05, 0) is 29.9 Å². The number of nitrogens with two attached hydrogens (primary N) is 1. The Hall–Kier alpha value is -0.800. The summed E-state index contributed by atoms with van der Waals surface area (Å²) >= 11 is 1.70. The van der Waals surface area contributed by atoms with Crippen molar-refractivity contribution in [3.63, 3.8) is 0 Å². The summed E-state index contributed by atoms with van der Waals surface area (Å²) in [5.74, 6) is 0. The van der Waals surface area contributed by atoms with Crippen LogP contribution in [0.2, 0.25) is 0 Å². The zero-order chi connectivity index (χ0) is 9.10. The van der Waals surface area contributed by atoms with Crippen LogP contribution in [0.5, 0.6) is 0 Å². The molecule has 1 aliphatic rings. The van der Waals surface area contributed by atoms with Crippen molar-refractivity contribution in [3.8, 4) is 0 Å². The minimum absolute atomic E-state index is 0.0419. The van der Waals surface area contributed by atoms with Crippen LogP contribution in [0.15, 0.2) is 29.3 Å². The van der Waals surface area contributed by atoms with Crippen LogP contribution >= 0.6 is 11.3 Å². The summed E-state index contributed by atoms with van der Waals surface area (Å²) in [6, 6.07) is 4.15. The van der Waals surface area contributed by atoms with E-state index in [0.717, 1.165) is 19.4 Å². The van der Waals surface area contributed by atoms with E-state index in [4.69, 9.17) is 10.5 Å². The fourth-order valence-electron chi connectivity index (χ4n) is 1.46. The first-order valence-corrected chi connectivity index (χ1v) is 5.35. The van der Waals surface area contributed by atoms with E-state index in [0.29, 0.717) is 0 Å². The zero-order valence-electron chi connectivity index (χ0n) is 7.40. The Morgan fingerprint density at radius 2 is 2.46 bits per heavy atom. The first kappa shape index (κ1) is 8.78. The Kier molecular flexibility index (Phi) is 2.66. The fourth-order valence-corrected chi connectivity index (χ4v) is 2.23. The van der Waals surface area contributed by atoms with Crippen LogP contribution in [0, 0.1) is 0 Å². The lowest BCUT2D eigenvalue weighted by atomic mass is 10.0. The average Bonchev–Trinajstić information content (AvgIpc) is 2.71.